The van der Waals surface area contributed by atoms with Crippen LogP contribution in [0.2, 0.25) is 5.02 Å². The second-order valence-corrected chi connectivity index (χ2v) is 9.17. The van der Waals surface area contributed by atoms with Gasteiger partial charge < -0.3 is 19.2 Å². The maximum atomic E-state index is 12.8. The molecular weight excluding hydrogens is 422 g/mol. The maximum Gasteiger partial charge on any atom is 0.408 e. The van der Waals surface area contributed by atoms with Gasteiger partial charge in [-0.25, -0.2) is 14.4 Å². The van der Waals surface area contributed by atoms with Gasteiger partial charge in [-0.2, -0.15) is 0 Å². The first-order valence-electron chi connectivity index (χ1n) is 10.4. The van der Waals surface area contributed by atoms with Crippen molar-refractivity contribution < 1.29 is 23.5 Å². The number of halogens is 1. The molecule has 0 bridgehead atoms. The summed E-state index contributed by atoms with van der Waals surface area (Å²) in [5.41, 5.74) is -0.0686. The van der Waals surface area contributed by atoms with Crippen LogP contribution in [0.4, 0.5) is 4.79 Å². The molecule has 0 aliphatic rings. The molecule has 170 valence electrons. The van der Waals surface area contributed by atoms with Gasteiger partial charge in [0.15, 0.2) is 5.75 Å². The van der Waals surface area contributed by atoms with Crippen molar-refractivity contribution in [3.8, 4) is 5.75 Å². The number of amides is 1. The van der Waals surface area contributed by atoms with Crippen LogP contribution >= 0.6 is 11.6 Å². The second-order valence-electron chi connectivity index (χ2n) is 8.76. The van der Waals surface area contributed by atoms with E-state index >= 15 is 0 Å². The third kappa shape index (κ3) is 6.99. The zero-order valence-corrected chi connectivity index (χ0v) is 19.6. The van der Waals surface area contributed by atoms with Gasteiger partial charge in [0.05, 0.1) is 5.02 Å². The minimum atomic E-state index is -0.954. The van der Waals surface area contributed by atoms with Gasteiger partial charge in [0.2, 0.25) is 0 Å². The molecule has 1 N–H and O–H groups in total. The number of aryl methyl sites for hydroxylation is 1. The van der Waals surface area contributed by atoms with Gasteiger partial charge in [0.1, 0.15) is 17.2 Å². The van der Waals surface area contributed by atoms with Gasteiger partial charge in [0.25, 0.3) is 0 Å². The number of rotatable bonds is 7. The van der Waals surface area contributed by atoms with Gasteiger partial charge in [-0.05, 0) is 51.2 Å². The van der Waals surface area contributed by atoms with Crippen molar-refractivity contribution in [2.24, 2.45) is 5.92 Å². The molecule has 2 rings (SSSR count). The average Bonchev–Trinajstić information content (AvgIpc) is 2.63. The lowest BCUT2D eigenvalue weighted by Crippen LogP contribution is -2.48. The molecule has 0 fully saturated rings. The van der Waals surface area contributed by atoms with Crippen LogP contribution in [0.5, 0.6) is 5.75 Å². The van der Waals surface area contributed by atoms with Gasteiger partial charge in [-0.1, -0.05) is 38.8 Å². The first kappa shape index (κ1) is 24.7. The lowest BCUT2D eigenvalue weighted by atomic mass is 10.0. The van der Waals surface area contributed by atoms with Crippen molar-refractivity contribution in [1.29, 1.82) is 0 Å². The van der Waals surface area contributed by atoms with Crippen LogP contribution in [0, 0.1) is 5.92 Å². The van der Waals surface area contributed by atoms with Crippen LogP contribution in [0.15, 0.2) is 27.4 Å². The molecule has 7 nitrogen and oxygen atoms in total. The fourth-order valence-corrected chi connectivity index (χ4v) is 3.19. The van der Waals surface area contributed by atoms with Gasteiger partial charge in [-0.3, -0.25) is 0 Å². The van der Waals surface area contributed by atoms with Crippen LogP contribution in [-0.2, 0) is 16.0 Å². The van der Waals surface area contributed by atoms with Crippen molar-refractivity contribution in [2.45, 2.75) is 72.4 Å². The van der Waals surface area contributed by atoms with E-state index in [1.54, 1.807) is 40.7 Å². The van der Waals surface area contributed by atoms with Crippen LogP contribution in [-0.4, -0.2) is 23.7 Å². The third-order valence-corrected chi connectivity index (χ3v) is 4.78. The van der Waals surface area contributed by atoms with E-state index in [2.05, 4.69) is 12.2 Å². The Morgan fingerprint density at radius 2 is 1.87 bits per heavy atom. The number of esters is 1. The van der Waals surface area contributed by atoms with Gasteiger partial charge in [-0.15, -0.1) is 0 Å². The Kier molecular flexibility index (Phi) is 8.12. The SMILES string of the molecule is CCCCc1cc(=O)oc2cc(OC(=O)C(NC(=O)OC(C)(C)C)C(C)C)c(Cl)cc12. The predicted octanol–water partition coefficient (Wildman–Crippen LogP) is 5.24. The minimum absolute atomic E-state index is 0.0478. The van der Waals surface area contributed by atoms with Crippen molar-refractivity contribution in [2.75, 3.05) is 0 Å². The molecule has 0 saturated heterocycles. The first-order valence-corrected chi connectivity index (χ1v) is 10.8. The summed E-state index contributed by atoms with van der Waals surface area (Å²) in [6, 6.07) is 3.56. The first-order chi connectivity index (χ1) is 14.4. The average molecular weight is 452 g/mol. The molecule has 0 aliphatic heterocycles. The number of benzene rings is 1. The Bertz CT molecular complexity index is 1010. The summed E-state index contributed by atoms with van der Waals surface area (Å²) < 4.78 is 16.0. The Balaban J connectivity index is 2.30. The van der Waals surface area contributed by atoms with E-state index in [0.717, 1.165) is 18.4 Å². The molecule has 1 atom stereocenters. The molecule has 31 heavy (non-hydrogen) atoms. The number of alkyl carbamates (subject to hydrolysis) is 1. The summed E-state index contributed by atoms with van der Waals surface area (Å²) in [6.07, 6.45) is 1.88. The molecule has 8 heteroatoms. The highest BCUT2D eigenvalue weighted by atomic mass is 35.5. The van der Waals surface area contributed by atoms with Crippen LogP contribution < -0.4 is 15.7 Å². The minimum Gasteiger partial charge on any atom is -0.444 e. The van der Waals surface area contributed by atoms with Crippen molar-refractivity contribution in [1.82, 2.24) is 5.32 Å². The maximum absolute atomic E-state index is 12.8. The zero-order valence-electron chi connectivity index (χ0n) is 18.8. The summed E-state index contributed by atoms with van der Waals surface area (Å²) >= 11 is 6.36. The highest BCUT2D eigenvalue weighted by molar-refractivity contribution is 6.33. The number of hydrogen-bond acceptors (Lipinski definition) is 6. The molecule has 0 aliphatic carbocycles. The Morgan fingerprint density at radius 3 is 2.45 bits per heavy atom. The Labute approximate surface area is 187 Å². The van der Waals surface area contributed by atoms with Gasteiger partial charge in [0, 0.05) is 17.5 Å². The number of carbonyl (C=O) groups excluding carboxylic acids is 2. The summed E-state index contributed by atoms with van der Waals surface area (Å²) in [5, 5.41) is 3.44. The van der Waals surface area contributed by atoms with Crippen molar-refractivity contribution in [3.63, 3.8) is 0 Å². The van der Waals surface area contributed by atoms with E-state index in [9.17, 15) is 14.4 Å². The summed E-state index contributed by atoms with van der Waals surface area (Å²) in [7, 11) is 0. The summed E-state index contributed by atoms with van der Waals surface area (Å²) in [6.45, 7) is 10.8. The number of unbranched alkanes of at least 4 members (excludes halogenated alkanes) is 1. The number of hydrogen-bond donors (Lipinski definition) is 1. The second kappa shape index (κ2) is 10.2. The molecule has 1 aromatic heterocycles. The molecule has 1 aromatic carbocycles. The number of nitrogens with one attached hydrogen (secondary N) is 1. The molecule has 0 radical (unpaired) electrons. The van der Waals surface area contributed by atoms with E-state index in [0.29, 0.717) is 11.8 Å². The molecule has 1 heterocycles. The van der Waals surface area contributed by atoms with E-state index in [1.165, 1.54) is 12.1 Å². The van der Waals surface area contributed by atoms with Crippen LogP contribution in [0.3, 0.4) is 0 Å². The smallest absolute Gasteiger partial charge is 0.408 e. The third-order valence-electron chi connectivity index (χ3n) is 4.49. The molecule has 0 saturated carbocycles. The largest absolute Gasteiger partial charge is 0.444 e. The zero-order chi connectivity index (χ0) is 23.3. The molecule has 2 aromatic rings. The molecule has 1 amide bonds. The predicted molar refractivity (Wildman–Crippen MR) is 120 cm³/mol. The lowest BCUT2D eigenvalue weighted by molar-refractivity contribution is -0.137. The molecule has 0 spiro atoms. The summed E-state index contributed by atoms with van der Waals surface area (Å²) in [4.78, 5) is 36.8. The lowest BCUT2D eigenvalue weighted by Gasteiger charge is -2.24. The highest BCUT2D eigenvalue weighted by Crippen LogP contribution is 2.32. The standard InChI is InChI=1S/C23H30ClNO6/c1-7-8-9-14-10-19(26)29-17-12-18(16(24)11-15(14)17)30-21(27)20(13(2)3)25-22(28)31-23(4,5)6/h10-13,20H,7-9H2,1-6H3,(H,25,28). The van der Waals surface area contributed by atoms with E-state index in [-0.39, 0.29) is 22.3 Å². The fraction of sp³-hybridized carbons (Fsp3) is 0.522. The van der Waals surface area contributed by atoms with Crippen LogP contribution in [0.1, 0.15) is 59.9 Å². The summed E-state index contributed by atoms with van der Waals surface area (Å²) in [5.74, 6) is -0.920. The van der Waals surface area contributed by atoms with Gasteiger partial charge >= 0.3 is 17.7 Å². The normalized spacial score (nSPS) is 12.6. The topological polar surface area (TPSA) is 94.8 Å². The number of carbonyl (C=O) groups is 2. The quantitative estimate of drug-likeness (QED) is 0.351. The van der Waals surface area contributed by atoms with Crippen LogP contribution in [0.25, 0.3) is 11.0 Å². The Hall–Kier alpha value is -2.54. The van der Waals surface area contributed by atoms with Crippen molar-refractivity contribution >= 4 is 34.6 Å². The fourth-order valence-electron chi connectivity index (χ4n) is 2.98. The molecule has 1 unspecified atom stereocenters. The Morgan fingerprint density at radius 1 is 1.19 bits per heavy atom. The van der Waals surface area contributed by atoms with E-state index in [1.807, 2.05) is 0 Å². The highest BCUT2D eigenvalue weighted by Gasteiger charge is 2.29. The van der Waals surface area contributed by atoms with E-state index < -0.39 is 29.3 Å². The molecular formula is C23H30ClNO6. The monoisotopic (exact) mass is 451 g/mol. The number of fused-ring (bicyclic) bond motifs is 1. The van der Waals surface area contributed by atoms with Crippen molar-refractivity contribution in [3.05, 3.63) is 39.2 Å². The van der Waals surface area contributed by atoms with E-state index in [4.69, 9.17) is 25.5 Å². The number of ether oxygens (including phenoxy) is 2.